The number of hydrogen-bond acceptors (Lipinski definition) is 6. The molecule has 0 radical (unpaired) electrons. The van der Waals surface area contributed by atoms with E-state index in [2.05, 4.69) is 106 Å². The average molecular weight is 948 g/mol. The van der Waals surface area contributed by atoms with Crippen molar-refractivity contribution in [1.29, 1.82) is 0 Å². The first-order valence-electron chi connectivity index (χ1n) is 28.6. The van der Waals surface area contributed by atoms with E-state index in [1.807, 2.05) is 0 Å². The minimum absolute atomic E-state index is 0.0836. The summed E-state index contributed by atoms with van der Waals surface area (Å²) < 4.78 is 16.8. The molecular weight excluding hydrogens is 841 g/mol. The Bertz CT molecular complexity index is 1320. The molecule has 1 atom stereocenters. The van der Waals surface area contributed by atoms with Crippen LogP contribution in [0.2, 0.25) is 0 Å². The summed E-state index contributed by atoms with van der Waals surface area (Å²) in [4.78, 5) is 38.0. The summed E-state index contributed by atoms with van der Waals surface area (Å²) in [5, 5.41) is 0. The Morgan fingerprint density at radius 1 is 0.309 bits per heavy atom. The molecule has 0 heterocycles. The Morgan fingerprint density at radius 3 is 0.897 bits per heavy atom. The second-order valence-corrected chi connectivity index (χ2v) is 18.8. The van der Waals surface area contributed by atoms with Crippen molar-refractivity contribution in [2.75, 3.05) is 13.2 Å². The lowest BCUT2D eigenvalue weighted by Crippen LogP contribution is -2.30. The number of carbonyl (C=O) groups is 3. The third kappa shape index (κ3) is 53.5. The topological polar surface area (TPSA) is 78.9 Å². The zero-order valence-corrected chi connectivity index (χ0v) is 44.6. The Hall–Kier alpha value is -3.41. The first-order valence-corrected chi connectivity index (χ1v) is 28.6. The van der Waals surface area contributed by atoms with Crippen LogP contribution in [0.5, 0.6) is 0 Å². The highest BCUT2D eigenvalue weighted by atomic mass is 16.6. The summed E-state index contributed by atoms with van der Waals surface area (Å²) in [7, 11) is 0. The molecule has 0 aromatic rings. The van der Waals surface area contributed by atoms with Crippen LogP contribution in [-0.4, -0.2) is 37.2 Å². The van der Waals surface area contributed by atoms with E-state index in [0.717, 1.165) is 116 Å². The predicted octanol–water partition coefficient (Wildman–Crippen LogP) is 19.2. The van der Waals surface area contributed by atoms with E-state index in [1.165, 1.54) is 116 Å². The summed E-state index contributed by atoms with van der Waals surface area (Å²) in [5.74, 6) is -0.907. The smallest absolute Gasteiger partial charge is 0.306 e. The fourth-order valence-electron chi connectivity index (χ4n) is 7.85. The molecule has 0 aromatic carbocycles. The number of hydrogen-bond donors (Lipinski definition) is 0. The maximum Gasteiger partial charge on any atom is 0.306 e. The Labute approximate surface area is 420 Å². The minimum atomic E-state index is -0.785. The standard InChI is InChI=1S/C62H106O6/c1-4-7-10-13-16-19-21-23-25-27-29-31-33-35-37-39-41-43-46-49-52-55-61(64)67-58-59(57-66-60(63)54-51-48-45-18-15-12-9-6-3)68-62(65)56-53-50-47-44-42-40-38-36-34-32-30-28-26-24-22-20-17-14-11-8-5-2/h7,10,16,19,22-25,28-31,35,37,59H,4-6,8-9,11-15,17-18,20-21,26-27,32-34,36,38-58H2,1-3H3/b10-7-,19-16-,24-22-,25-23-,30-28-,31-29-,37-35-. The summed E-state index contributed by atoms with van der Waals surface area (Å²) in [6, 6.07) is 0. The fourth-order valence-corrected chi connectivity index (χ4v) is 7.85. The van der Waals surface area contributed by atoms with E-state index >= 15 is 0 Å². The van der Waals surface area contributed by atoms with Crippen molar-refractivity contribution in [3.05, 3.63) is 85.1 Å². The van der Waals surface area contributed by atoms with Gasteiger partial charge < -0.3 is 14.2 Å². The molecule has 0 saturated heterocycles. The molecule has 6 heteroatoms. The first kappa shape index (κ1) is 64.6. The van der Waals surface area contributed by atoms with Gasteiger partial charge in [0.05, 0.1) is 0 Å². The Kier molecular flexibility index (Phi) is 53.4. The zero-order valence-electron chi connectivity index (χ0n) is 44.6. The molecule has 0 rings (SSSR count). The van der Waals surface area contributed by atoms with Crippen LogP contribution >= 0.6 is 0 Å². The van der Waals surface area contributed by atoms with Crippen molar-refractivity contribution in [2.24, 2.45) is 0 Å². The van der Waals surface area contributed by atoms with Crippen molar-refractivity contribution in [2.45, 2.75) is 277 Å². The number of esters is 3. The Morgan fingerprint density at radius 2 is 0.574 bits per heavy atom. The fraction of sp³-hybridized carbons (Fsp3) is 0.726. The number of allylic oxidation sites excluding steroid dienone is 14. The van der Waals surface area contributed by atoms with E-state index < -0.39 is 6.10 Å². The van der Waals surface area contributed by atoms with Gasteiger partial charge in [-0.3, -0.25) is 14.4 Å². The molecule has 0 saturated carbocycles. The largest absolute Gasteiger partial charge is 0.462 e. The summed E-state index contributed by atoms with van der Waals surface area (Å²) in [5.41, 5.74) is 0. The van der Waals surface area contributed by atoms with Crippen LogP contribution in [-0.2, 0) is 28.6 Å². The van der Waals surface area contributed by atoms with Crippen molar-refractivity contribution >= 4 is 17.9 Å². The normalized spacial score (nSPS) is 12.7. The van der Waals surface area contributed by atoms with Gasteiger partial charge in [-0.2, -0.15) is 0 Å². The van der Waals surface area contributed by atoms with Gasteiger partial charge in [-0.15, -0.1) is 0 Å². The monoisotopic (exact) mass is 947 g/mol. The van der Waals surface area contributed by atoms with Crippen molar-refractivity contribution in [3.8, 4) is 0 Å². The minimum Gasteiger partial charge on any atom is -0.462 e. The van der Waals surface area contributed by atoms with Crippen LogP contribution in [0.3, 0.4) is 0 Å². The quantitative estimate of drug-likeness (QED) is 0.0262. The second-order valence-electron chi connectivity index (χ2n) is 18.8. The van der Waals surface area contributed by atoms with Gasteiger partial charge in [-0.25, -0.2) is 0 Å². The van der Waals surface area contributed by atoms with E-state index in [-0.39, 0.29) is 31.1 Å². The number of carbonyl (C=O) groups excluding carboxylic acids is 3. The van der Waals surface area contributed by atoms with Gasteiger partial charge in [-0.1, -0.05) is 241 Å². The number of ether oxygens (including phenoxy) is 3. The maximum absolute atomic E-state index is 12.8. The highest BCUT2D eigenvalue weighted by molar-refractivity contribution is 5.71. The molecule has 1 unspecified atom stereocenters. The lowest BCUT2D eigenvalue weighted by atomic mass is 10.1. The van der Waals surface area contributed by atoms with Gasteiger partial charge in [0.25, 0.3) is 0 Å². The van der Waals surface area contributed by atoms with Gasteiger partial charge in [0.2, 0.25) is 0 Å². The summed E-state index contributed by atoms with van der Waals surface area (Å²) >= 11 is 0. The van der Waals surface area contributed by atoms with Crippen molar-refractivity contribution < 1.29 is 28.6 Å². The van der Waals surface area contributed by atoms with Crippen LogP contribution in [0.1, 0.15) is 271 Å². The Balaban J connectivity index is 4.29. The zero-order chi connectivity index (χ0) is 49.3. The van der Waals surface area contributed by atoms with E-state index in [1.54, 1.807) is 0 Å². The summed E-state index contributed by atoms with van der Waals surface area (Å²) in [6.07, 6.45) is 73.0. The molecule has 0 aliphatic rings. The lowest BCUT2D eigenvalue weighted by Gasteiger charge is -2.18. The highest BCUT2D eigenvalue weighted by Crippen LogP contribution is 2.15. The molecule has 68 heavy (non-hydrogen) atoms. The van der Waals surface area contributed by atoms with E-state index in [9.17, 15) is 14.4 Å². The molecule has 0 aliphatic carbocycles. The van der Waals surface area contributed by atoms with Gasteiger partial charge in [0.15, 0.2) is 6.10 Å². The molecule has 0 spiro atoms. The van der Waals surface area contributed by atoms with E-state index in [4.69, 9.17) is 14.2 Å². The van der Waals surface area contributed by atoms with Crippen molar-refractivity contribution in [1.82, 2.24) is 0 Å². The van der Waals surface area contributed by atoms with Crippen LogP contribution in [0.15, 0.2) is 85.1 Å². The molecule has 0 bridgehead atoms. The molecule has 390 valence electrons. The molecular formula is C62H106O6. The van der Waals surface area contributed by atoms with Crippen LogP contribution in [0.4, 0.5) is 0 Å². The third-order valence-electron chi connectivity index (χ3n) is 12.1. The van der Waals surface area contributed by atoms with Gasteiger partial charge in [0.1, 0.15) is 13.2 Å². The SMILES string of the molecule is CC/C=C\C/C=C\C/C=C\C/C=C\C/C=C\CCCCCCCC(=O)OCC(COC(=O)CCCCCCCCCC)OC(=O)CCCCCCCCCCC/C=C\C/C=C\CCCCCCC. The highest BCUT2D eigenvalue weighted by Gasteiger charge is 2.19. The second kappa shape index (κ2) is 56.2. The molecule has 6 nitrogen and oxygen atoms in total. The first-order chi connectivity index (χ1) is 33.5. The van der Waals surface area contributed by atoms with E-state index in [0.29, 0.717) is 19.3 Å². The molecule has 0 fully saturated rings. The van der Waals surface area contributed by atoms with Gasteiger partial charge in [0, 0.05) is 19.3 Å². The lowest BCUT2D eigenvalue weighted by molar-refractivity contribution is -0.167. The molecule has 0 aliphatic heterocycles. The molecule has 0 aromatic heterocycles. The van der Waals surface area contributed by atoms with Crippen LogP contribution in [0, 0.1) is 0 Å². The number of rotatable bonds is 51. The van der Waals surface area contributed by atoms with Crippen LogP contribution in [0.25, 0.3) is 0 Å². The predicted molar refractivity (Wildman–Crippen MR) is 293 cm³/mol. The summed E-state index contributed by atoms with van der Waals surface area (Å²) in [6.45, 7) is 6.48. The number of unbranched alkanes of at least 4 members (excludes halogenated alkanes) is 26. The van der Waals surface area contributed by atoms with Crippen molar-refractivity contribution in [3.63, 3.8) is 0 Å². The van der Waals surface area contributed by atoms with Gasteiger partial charge in [-0.05, 0) is 96.3 Å². The molecule has 0 amide bonds. The molecule has 0 N–H and O–H groups in total. The maximum atomic E-state index is 12.8. The third-order valence-corrected chi connectivity index (χ3v) is 12.1. The average Bonchev–Trinajstić information content (AvgIpc) is 3.34. The van der Waals surface area contributed by atoms with Gasteiger partial charge >= 0.3 is 17.9 Å². The van der Waals surface area contributed by atoms with Crippen LogP contribution < -0.4 is 0 Å².